The molecule has 0 aromatic heterocycles. The molecule has 1 aliphatic heterocycles. The summed E-state index contributed by atoms with van der Waals surface area (Å²) in [6.07, 6.45) is 1.21. The van der Waals surface area contributed by atoms with Crippen LogP contribution in [0.15, 0.2) is 0 Å². The van der Waals surface area contributed by atoms with E-state index in [9.17, 15) is 0 Å². The van der Waals surface area contributed by atoms with E-state index in [2.05, 4.69) is 62.6 Å². The van der Waals surface area contributed by atoms with E-state index in [0.717, 1.165) is 15.1 Å². The van der Waals surface area contributed by atoms with Crippen molar-refractivity contribution in [3.05, 3.63) is 0 Å². The molecule has 0 radical (unpaired) electrons. The lowest BCUT2D eigenvalue weighted by molar-refractivity contribution is 0.369. The SMILES string of the molecule is CCB1N(C(C)C)BN(C(C)C)BN1C(C)C. The first-order valence-electron chi connectivity index (χ1n) is 7.14. The van der Waals surface area contributed by atoms with E-state index in [1.54, 1.807) is 0 Å². The molecule has 0 aromatic carbocycles. The summed E-state index contributed by atoms with van der Waals surface area (Å²) < 4.78 is 7.82. The van der Waals surface area contributed by atoms with Crippen LogP contribution >= 0.6 is 0 Å². The Labute approximate surface area is 110 Å². The van der Waals surface area contributed by atoms with Crippen LogP contribution in [0.2, 0.25) is 6.32 Å². The molecule has 1 rings (SSSR count). The van der Waals surface area contributed by atoms with Crippen molar-refractivity contribution in [2.45, 2.75) is 72.9 Å². The van der Waals surface area contributed by atoms with Crippen LogP contribution in [-0.2, 0) is 0 Å². The molecular formula is C11H28B3N3. The summed E-state index contributed by atoms with van der Waals surface area (Å²) in [7, 11) is 2.22. The summed E-state index contributed by atoms with van der Waals surface area (Å²) in [5, 5.41) is 0. The first-order chi connectivity index (χ1) is 7.88. The first kappa shape index (κ1) is 15.1. The molecule has 96 valence electrons. The molecule has 1 aliphatic rings. The quantitative estimate of drug-likeness (QED) is 0.677. The zero-order chi connectivity index (χ0) is 13.2. The average Bonchev–Trinajstić information content (AvgIpc) is 2.26. The van der Waals surface area contributed by atoms with E-state index in [1.165, 1.54) is 6.32 Å². The highest BCUT2D eigenvalue weighted by Gasteiger charge is 2.39. The summed E-state index contributed by atoms with van der Waals surface area (Å²) in [6, 6.07) is 1.85. The Balaban J connectivity index is 2.87. The number of rotatable bonds is 4. The molecule has 0 unspecified atom stereocenters. The predicted octanol–water partition coefficient (Wildman–Crippen LogP) is 1.17. The van der Waals surface area contributed by atoms with Gasteiger partial charge in [0.05, 0.1) is 0 Å². The third kappa shape index (κ3) is 3.52. The minimum absolute atomic E-state index is 0.602. The van der Waals surface area contributed by atoms with Crippen molar-refractivity contribution >= 4 is 22.1 Å². The summed E-state index contributed by atoms with van der Waals surface area (Å²) in [5.41, 5.74) is 0. The van der Waals surface area contributed by atoms with Gasteiger partial charge in [0.2, 0.25) is 0 Å². The maximum atomic E-state index is 2.63. The minimum atomic E-state index is 0.602. The van der Waals surface area contributed by atoms with Crippen molar-refractivity contribution in [2.24, 2.45) is 0 Å². The Hall–Kier alpha value is 0.0748. The number of hydrogen-bond donors (Lipinski definition) is 0. The molecular weight excluding hydrogens is 207 g/mol. The molecule has 17 heavy (non-hydrogen) atoms. The Morgan fingerprint density at radius 1 is 0.824 bits per heavy atom. The Morgan fingerprint density at radius 3 is 1.47 bits per heavy atom. The van der Waals surface area contributed by atoms with Gasteiger partial charge in [-0.2, -0.15) is 0 Å². The molecule has 6 heteroatoms. The standard InChI is InChI=1S/C11H28B3N3/c1-8-14-16(10(4)5)12-15(9(2)3)13-17(14)11(6)7/h9-13H,8H2,1-7H3. The lowest BCUT2D eigenvalue weighted by Gasteiger charge is -2.50. The van der Waals surface area contributed by atoms with Gasteiger partial charge in [0.1, 0.15) is 0 Å². The third-order valence-corrected chi connectivity index (χ3v) is 3.88. The van der Waals surface area contributed by atoms with Gasteiger partial charge in [-0.05, 0) is 24.4 Å². The number of nitrogens with zero attached hydrogens (tertiary/aromatic N) is 3. The van der Waals surface area contributed by atoms with E-state index in [1.807, 2.05) is 0 Å². The minimum Gasteiger partial charge on any atom is -0.361 e. The monoisotopic (exact) mass is 235 g/mol. The fourth-order valence-electron chi connectivity index (χ4n) is 2.65. The van der Waals surface area contributed by atoms with Gasteiger partial charge in [-0.3, -0.25) is 0 Å². The summed E-state index contributed by atoms with van der Waals surface area (Å²) in [5.74, 6) is 0. The van der Waals surface area contributed by atoms with E-state index in [4.69, 9.17) is 0 Å². The fraction of sp³-hybridized carbons (Fsp3) is 1.00. The topological polar surface area (TPSA) is 9.72 Å². The summed E-state index contributed by atoms with van der Waals surface area (Å²) >= 11 is 0. The van der Waals surface area contributed by atoms with Crippen molar-refractivity contribution in [2.75, 3.05) is 0 Å². The lowest BCUT2D eigenvalue weighted by Crippen LogP contribution is -2.71. The van der Waals surface area contributed by atoms with Crippen LogP contribution < -0.4 is 0 Å². The van der Waals surface area contributed by atoms with Crippen LogP contribution in [0.3, 0.4) is 0 Å². The molecule has 0 saturated carbocycles. The molecule has 0 atom stereocenters. The van der Waals surface area contributed by atoms with E-state index < -0.39 is 0 Å². The molecule has 1 fully saturated rings. The average molecular weight is 235 g/mol. The molecule has 0 bridgehead atoms. The maximum Gasteiger partial charge on any atom is 0.289 e. The van der Waals surface area contributed by atoms with Crippen LogP contribution in [0, 0.1) is 0 Å². The third-order valence-electron chi connectivity index (χ3n) is 3.88. The lowest BCUT2D eigenvalue weighted by atomic mass is 9.54. The van der Waals surface area contributed by atoms with Crippen molar-refractivity contribution < 1.29 is 0 Å². The zero-order valence-electron chi connectivity index (χ0n) is 12.8. The molecule has 0 N–H and O–H groups in total. The predicted molar refractivity (Wildman–Crippen MR) is 81.5 cm³/mol. The van der Waals surface area contributed by atoms with Gasteiger partial charge in [0, 0.05) is 0 Å². The Kier molecular flexibility index (Phi) is 5.61. The second-order valence-electron chi connectivity index (χ2n) is 6.07. The highest BCUT2D eigenvalue weighted by Crippen LogP contribution is 2.18. The highest BCUT2D eigenvalue weighted by molar-refractivity contribution is 6.74. The Morgan fingerprint density at radius 2 is 1.24 bits per heavy atom. The molecule has 1 heterocycles. The zero-order valence-corrected chi connectivity index (χ0v) is 12.8. The van der Waals surface area contributed by atoms with Crippen molar-refractivity contribution in [3.63, 3.8) is 0 Å². The van der Waals surface area contributed by atoms with Crippen molar-refractivity contribution in [1.82, 2.24) is 14.2 Å². The molecule has 0 aliphatic carbocycles. The smallest absolute Gasteiger partial charge is 0.289 e. The van der Waals surface area contributed by atoms with Gasteiger partial charge in [-0.1, -0.05) is 48.5 Å². The van der Waals surface area contributed by atoms with Crippen LogP contribution in [-0.4, -0.2) is 54.4 Å². The molecule has 3 nitrogen and oxygen atoms in total. The maximum absolute atomic E-state index is 2.63. The van der Waals surface area contributed by atoms with E-state index >= 15 is 0 Å². The molecule has 0 amide bonds. The molecule has 0 aromatic rings. The molecule has 1 saturated heterocycles. The second-order valence-corrected chi connectivity index (χ2v) is 6.07. The van der Waals surface area contributed by atoms with Crippen molar-refractivity contribution in [3.8, 4) is 0 Å². The van der Waals surface area contributed by atoms with E-state index in [-0.39, 0.29) is 0 Å². The van der Waals surface area contributed by atoms with Crippen LogP contribution in [0.4, 0.5) is 0 Å². The van der Waals surface area contributed by atoms with Crippen LogP contribution in [0.5, 0.6) is 0 Å². The van der Waals surface area contributed by atoms with Gasteiger partial charge >= 0.3 is 0 Å². The van der Waals surface area contributed by atoms with Crippen LogP contribution in [0.25, 0.3) is 0 Å². The van der Waals surface area contributed by atoms with Gasteiger partial charge in [0.15, 0.2) is 0 Å². The largest absolute Gasteiger partial charge is 0.361 e. The highest BCUT2D eigenvalue weighted by atomic mass is 15.3. The molecule has 0 spiro atoms. The summed E-state index contributed by atoms with van der Waals surface area (Å²) in [4.78, 5) is 0. The normalized spacial score (nSPS) is 20.2. The first-order valence-corrected chi connectivity index (χ1v) is 7.14. The second kappa shape index (κ2) is 6.30. The van der Waals surface area contributed by atoms with Crippen LogP contribution in [0.1, 0.15) is 48.5 Å². The van der Waals surface area contributed by atoms with E-state index in [0.29, 0.717) is 25.1 Å². The van der Waals surface area contributed by atoms with Gasteiger partial charge in [0.25, 0.3) is 22.1 Å². The van der Waals surface area contributed by atoms with Gasteiger partial charge in [-0.15, -0.1) is 0 Å². The number of hydrogen-bond acceptors (Lipinski definition) is 3. The van der Waals surface area contributed by atoms with Gasteiger partial charge in [-0.25, -0.2) is 0 Å². The summed E-state index contributed by atoms with van der Waals surface area (Å²) in [6.45, 7) is 16.7. The fourth-order valence-corrected chi connectivity index (χ4v) is 2.65. The Bertz CT molecular complexity index is 218. The van der Waals surface area contributed by atoms with Gasteiger partial charge < -0.3 is 14.2 Å². The van der Waals surface area contributed by atoms with Crippen molar-refractivity contribution in [1.29, 1.82) is 0 Å².